The summed E-state index contributed by atoms with van der Waals surface area (Å²) >= 11 is 5.69. The molecule has 0 aliphatic carbocycles. The Morgan fingerprint density at radius 2 is 2.19 bits per heavy atom. The lowest BCUT2D eigenvalue weighted by Gasteiger charge is -2.11. The first-order valence-electron chi connectivity index (χ1n) is 5.94. The highest BCUT2D eigenvalue weighted by Crippen LogP contribution is 2.20. The van der Waals surface area contributed by atoms with Crippen LogP contribution >= 0.6 is 11.6 Å². The van der Waals surface area contributed by atoms with Crippen molar-refractivity contribution in [3.8, 4) is 0 Å². The zero-order valence-electron chi connectivity index (χ0n) is 11.1. The van der Waals surface area contributed by atoms with Gasteiger partial charge in [-0.3, -0.25) is 14.3 Å². The lowest BCUT2D eigenvalue weighted by molar-refractivity contribution is -0.116. The van der Waals surface area contributed by atoms with Crippen molar-refractivity contribution in [3.05, 3.63) is 46.5 Å². The van der Waals surface area contributed by atoms with Gasteiger partial charge in [0, 0.05) is 6.20 Å². The van der Waals surface area contributed by atoms with Crippen LogP contribution in [0.3, 0.4) is 0 Å². The Morgan fingerprint density at radius 1 is 1.48 bits per heavy atom. The molecule has 110 valence electrons. The molecule has 0 aliphatic rings. The molecule has 0 atom stereocenters. The number of nitrogens with two attached hydrogens (primary N) is 1. The fourth-order valence-electron chi connectivity index (χ4n) is 1.75. The molecule has 2 amide bonds. The van der Waals surface area contributed by atoms with Gasteiger partial charge < -0.3 is 11.1 Å². The van der Waals surface area contributed by atoms with Crippen LogP contribution in [-0.2, 0) is 11.3 Å². The Bertz CT molecular complexity index is 714. The highest BCUT2D eigenvalue weighted by atomic mass is 35.5. The van der Waals surface area contributed by atoms with E-state index < -0.39 is 17.6 Å². The van der Waals surface area contributed by atoms with Crippen molar-refractivity contribution in [2.24, 2.45) is 5.73 Å². The standard InChI is InChI=1S/C13H12ClFN4O2/c1-7-2-11(9(13(16)21)3-10(7)15)18-12(20)6-19-5-8(14)4-17-19/h2-5H,6H2,1H3,(H2,16,21)(H,18,20). The smallest absolute Gasteiger partial charge is 0.250 e. The SMILES string of the molecule is Cc1cc(NC(=O)Cn2cc(Cl)cn2)c(C(N)=O)cc1F. The van der Waals surface area contributed by atoms with E-state index in [4.69, 9.17) is 17.3 Å². The Labute approximate surface area is 124 Å². The third kappa shape index (κ3) is 3.57. The first kappa shape index (κ1) is 15.0. The molecule has 1 heterocycles. The second-order valence-corrected chi connectivity index (χ2v) is 4.85. The summed E-state index contributed by atoms with van der Waals surface area (Å²) < 4.78 is 14.8. The minimum absolute atomic E-state index is 0.0926. The molecule has 1 aromatic carbocycles. The minimum atomic E-state index is -0.827. The zero-order chi connectivity index (χ0) is 15.6. The highest BCUT2D eigenvalue weighted by molar-refractivity contribution is 6.30. The number of hydrogen-bond donors (Lipinski definition) is 2. The van der Waals surface area contributed by atoms with Crippen molar-refractivity contribution in [1.29, 1.82) is 0 Å². The fourth-order valence-corrected chi connectivity index (χ4v) is 1.91. The van der Waals surface area contributed by atoms with Gasteiger partial charge in [-0.15, -0.1) is 0 Å². The maximum absolute atomic E-state index is 13.5. The van der Waals surface area contributed by atoms with E-state index in [9.17, 15) is 14.0 Å². The monoisotopic (exact) mass is 310 g/mol. The molecule has 1 aromatic heterocycles. The summed E-state index contributed by atoms with van der Waals surface area (Å²) in [4.78, 5) is 23.2. The number of carbonyl (C=O) groups is 2. The van der Waals surface area contributed by atoms with Gasteiger partial charge in [-0.2, -0.15) is 5.10 Å². The van der Waals surface area contributed by atoms with Crippen molar-refractivity contribution in [2.45, 2.75) is 13.5 Å². The fraction of sp³-hybridized carbons (Fsp3) is 0.154. The van der Waals surface area contributed by atoms with Crippen LogP contribution in [0.5, 0.6) is 0 Å². The number of anilines is 1. The molecule has 6 nitrogen and oxygen atoms in total. The summed E-state index contributed by atoms with van der Waals surface area (Å²) in [5, 5.41) is 6.77. The van der Waals surface area contributed by atoms with Gasteiger partial charge in [0.2, 0.25) is 5.91 Å². The topological polar surface area (TPSA) is 90.0 Å². The maximum atomic E-state index is 13.5. The molecule has 0 spiro atoms. The second kappa shape index (κ2) is 5.92. The van der Waals surface area contributed by atoms with Crippen LogP contribution in [0.4, 0.5) is 10.1 Å². The number of halogens is 2. The Hall–Kier alpha value is -2.41. The number of rotatable bonds is 4. The Morgan fingerprint density at radius 3 is 2.76 bits per heavy atom. The second-order valence-electron chi connectivity index (χ2n) is 4.42. The highest BCUT2D eigenvalue weighted by Gasteiger charge is 2.14. The van der Waals surface area contributed by atoms with Crippen molar-refractivity contribution in [1.82, 2.24) is 9.78 Å². The summed E-state index contributed by atoms with van der Waals surface area (Å²) in [5.74, 6) is -1.84. The van der Waals surface area contributed by atoms with Crippen LogP contribution in [0.1, 0.15) is 15.9 Å². The molecule has 0 bridgehead atoms. The van der Waals surface area contributed by atoms with Gasteiger partial charge >= 0.3 is 0 Å². The van der Waals surface area contributed by atoms with Crippen molar-refractivity contribution in [3.63, 3.8) is 0 Å². The number of aryl methyl sites for hydroxylation is 1. The van der Waals surface area contributed by atoms with E-state index in [1.54, 1.807) is 0 Å². The first-order valence-corrected chi connectivity index (χ1v) is 6.32. The van der Waals surface area contributed by atoms with Crippen LogP contribution < -0.4 is 11.1 Å². The number of hydrogen-bond acceptors (Lipinski definition) is 3. The van der Waals surface area contributed by atoms with E-state index in [1.807, 2.05) is 0 Å². The van der Waals surface area contributed by atoms with Gasteiger partial charge in [-0.1, -0.05) is 11.6 Å². The molecule has 0 saturated heterocycles. The third-order valence-corrected chi connectivity index (χ3v) is 2.94. The molecular formula is C13H12ClFN4O2. The molecule has 8 heteroatoms. The first-order chi connectivity index (χ1) is 9.86. The van der Waals surface area contributed by atoms with Crippen LogP contribution in [0.2, 0.25) is 5.02 Å². The average molecular weight is 311 g/mol. The van der Waals surface area contributed by atoms with Gasteiger partial charge in [0.15, 0.2) is 0 Å². The van der Waals surface area contributed by atoms with Gasteiger partial charge in [-0.05, 0) is 24.6 Å². The van der Waals surface area contributed by atoms with E-state index in [1.165, 1.54) is 30.1 Å². The maximum Gasteiger partial charge on any atom is 0.250 e. The number of aromatic nitrogens is 2. The van der Waals surface area contributed by atoms with E-state index in [0.717, 1.165) is 6.07 Å². The molecule has 0 fully saturated rings. The van der Waals surface area contributed by atoms with Crippen molar-refractivity contribution in [2.75, 3.05) is 5.32 Å². The summed E-state index contributed by atoms with van der Waals surface area (Å²) in [7, 11) is 0. The van der Waals surface area contributed by atoms with E-state index in [0.29, 0.717) is 5.02 Å². The van der Waals surface area contributed by atoms with E-state index in [-0.39, 0.29) is 23.4 Å². The number of carbonyl (C=O) groups excluding carboxylic acids is 2. The molecule has 21 heavy (non-hydrogen) atoms. The van der Waals surface area contributed by atoms with Crippen LogP contribution in [-0.4, -0.2) is 21.6 Å². The van der Waals surface area contributed by atoms with Crippen LogP contribution in [0.15, 0.2) is 24.5 Å². The lowest BCUT2D eigenvalue weighted by Crippen LogP contribution is -2.22. The van der Waals surface area contributed by atoms with Crippen molar-refractivity contribution < 1.29 is 14.0 Å². The molecule has 0 radical (unpaired) electrons. The Balaban J connectivity index is 2.20. The molecule has 0 unspecified atom stereocenters. The van der Waals surface area contributed by atoms with Gasteiger partial charge in [0.05, 0.1) is 22.5 Å². The zero-order valence-corrected chi connectivity index (χ0v) is 11.8. The quantitative estimate of drug-likeness (QED) is 0.901. The average Bonchev–Trinajstić information content (AvgIpc) is 2.78. The summed E-state index contributed by atoms with van der Waals surface area (Å²) in [6.07, 6.45) is 2.87. The Kier molecular flexibility index (Phi) is 4.23. The normalized spacial score (nSPS) is 10.4. The molecule has 0 saturated carbocycles. The molecule has 0 aliphatic heterocycles. The number of amides is 2. The largest absolute Gasteiger partial charge is 0.366 e. The number of primary amides is 1. The predicted molar refractivity (Wildman–Crippen MR) is 75.5 cm³/mol. The number of nitrogens with zero attached hydrogens (tertiary/aromatic N) is 2. The van der Waals surface area contributed by atoms with Crippen LogP contribution in [0.25, 0.3) is 0 Å². The summed E-state index contributed by atoms with van der Waals surface area (Å²) in [6.45, 7) is 1.42. The number of nitrogens with one attached hydrogen (secondary N) is 1. The number of benzene rings is 1. The molecular weight excluding hydrogens is 299 g/mol. The van der Waals surface area contributed by atoms with Gasteiger partial charge in [-0.25, -0.2) is 4.39 Å². The lowest BCUT2D eigenvalue weighted by atomic mass is 10.1. The van der Waals surface area contributed by atoms with Gasteiger partial charge in [0.1, 0.15) is 12.4 Å². The van der Waals surface area contributed by atoms with Crippen molar-refractivity contribution >= 4 is 29.1 Å². The van der Waals surface area contributed by atoms with Gasteiger partial charge in [0.25, 0.3) is 5.91 Å². The molecule has 3 N–H and O–H groups in total. The molecule has 2 aromatic rings. The molecule has 2 rings (SSSR count). The van der Waals surface area contributed by atoms with E-state index >= 15 is 0 Å². The third-order valence-electron chi connectivity index (χ3n) is 2.75. The predicted octanol–water partition coefficient (Wildman–Crippen LogP) is 1.72. The van der Waals surface area contributed by atoms with E-state index in [2.05, 4.69) is 10.4 Å². The minimum Gasteiger partial charge on any atom is -0.366 e. The van der Waals surface area contributed by atoms with Crippen LogP contribution in [0, 0.1) is 12.7 Å². The summed E-state index contributed by atoms with van der Waals surface area (Å²) in [5.41, 5.74) is 5.53. The summed E-state index contributed by atoms with van der Waals surface area (Å²) in [6, 6.07) is 2.35.